The summed E-state index contributed by atoms with van der Waals surface area (Å²) in [5.74, 6) is 0.574. The topological polar surface area (TPSA) is 71.2 Å². The highest BCUT2D eigenvalue weighted by molar-refractivity contribution is 5.44. The van der Waals surface area contributed by atoms with Crippen molar-refractivity contribution in [2.45, 2.75) is 12.7 Å². The van der Waals surface area contributed by atoms with Gasteiger partial charge in [0.25, 0.3) is 0 Å². The van der Waals surface area contributed by atoms with E-state index in [1.54, 1.807) is 30.8 Å². The van der Waals surface area contributed by atoms with Crippen LogP contribution in [0.25, 0.3) is 5.65 Å². The predicted molar refractivity (Wildman–Crippen MR) is 81.7 cm³/mol. The van der Waals surface area contributed by atoms with Crippen molar-refractivity contribution >= 4 is 17.4 Å². The van der Waals surface area contributed by atoms with Crippen LogP contribution < -0.4 is 10.2 Å². The molecule has 7 nitrogen and oxygen atoms in total. The molecule has 10 heteroatoms. The SMILES string of the molecule is CN(C)c1cc(C(F)(F)F)nc(NCc2nnc3ccccn23)n1. The van der Waals surface area contributed by atoms with Gasteiger partial charge in [0.2, 0.25) is 5.95 Å². The standard InChI is InChI=1S/C14H14F3N7/c1-23(2)11-7-9(14(15,16)17)19-13(20-11)18-8-12-22-21-10-5-3-4-6-24(10)12/h3-7H,8H2,1-2H3,(H,18,19,20). The Morgan fingerprint density at radius 2 is 1.96 bits per heavy atom. The maximum Gasteiger partial charge on any atom is 0.433 e. The molecule has 24 heavy (non-hydrogen) atoms. The van der Waals surface area contributed by atoms with E-state index in [1.165, 1.54) is 4.90 Å². The highest BCUT2D eigenvalue weighted by Crippen LogP contribution is 2.30. The molecule has 0 amide bonds. The van der Waals surface area contributed by atoms with Crippen molar-refractivity contribution in [3.8, 4) is 0 Å². The maximum atomic E-state index is 13.0. The van der Waals surface area contributed by atoms with Gasteiger partial charge in [0.15, 0.2) is 17.2 Å². The zero-order valence-electron chi connectivity index (χ0n) is 12.9. The lowest BCUT2D eigenvalue weighted by molar-refractivity contribution is -0.141. The molecule has 3 aromatic heterocycles. The van der Waals surface area contributed by atoms with Crippen LogP contribution in [0.2, 0.25) is 0 Å². The molecule has 3 aromatic rings. The van der Waals surface area contributed by atoms with Crippen molar-refractivity contribution in [3.05, 3.63) is 42.0 Å². The molecule has 0 fully saturated rings. The third-order valence-electron chi connectivity index (χ3n) is 3.25. The molecular weight excluding hydrogens is 323 g/mol. The predicted octanol–water partition coefficient (Wildman–Crippen LogP) is 2.22. The Bertz CT molecular complexity index is 857. The van der Waals surface area contributed by atoms with Gasteiger partial charge in [-0.25, -0.2) is 4.98 Å². The zero-order chi connectivity index (χ0) is 17.3. The minimum absolute atomic E-state index is 0.124. The van der Waals surface area contributed by atoms with Crippen molar-refractivity contribution in [2.75, 3.05) is 24.3 Å². The van der Waals surface area contributed by atoms with Gasteiger partial charge >= 0.3 is 6.18 Å². The number of hydrogen-bond donors (Lipinski definition) is 1. The molecule has 0 aliphatic carbocycles. The number of nitrogens with one attached hydrogen (secondary N) is 1. The van der Waals surface area contributed by atoms with Crippen LogP contribution in [0.4, 0.5) is 24.9 Å². The van der Waals surface area contributed by atoms with E-state index in [9.17, 15) is 13.2 Å². The van der Waals surface area contributed by atoms with Crippen molar-refractivity contribution in [3.63, 3.8) is 0 Å². The van der Waals surface area contributed by atoms with Gasteiger partial charge in [0.1, 0.15) is 5.82 Å². The summed E-state index contributed by atoms with van der Waals surface area (Å²) in [6.45, 7) is 0.138. The van der Waals surface area contributed by atoms with Crippen LogP contribution in [0.1, 0.15) is 11.5 Å². The van der Waals surface area contributed by atoms with Crippen LogP contribution in [0.5, 0.6) is 0 Å². The highest BCUT2D eigenvalue weighted by Gasteiger charge is 2.34. The number of hydrogen-bond acceptors (Lipinski definition) is 6. The number of anilines is 2. The number of fused-ring (bicyclic) bond motifs is 1. The van der Waals surface area contributed by atoms with Gasteiger partial charge in [-0.3, -0.25) is 4.40 Å². The van der Waals surface area contributed by atoms with Crippen molar-refractivity contribution in [1.82, 2.24) is 24.6 Å². The summed E-state index contributed by atoms with van der Waals surface area (Å²) in [4.78, 5) is 9.09. The van der Waals surface area contributed by atoms with E-state index in [4.69, 9.17) is 0 Å². The molecule has 126 valence electrons. The normalized spacial score (nSPS) is 11.7. The number of alkyl halides is 3. The molecule has 3 heterocycles. The first-order valence-electron chi connectivity index (χ1n) is 7.01. The fraction of sp³-hybridized carbons (Fsp3) is 0.286. The molecule has 0 bridgehead atoms. The van der Waals surface area contributed by atoms with Gasteiger partial charge < -0.3 is 10.2 Å². The van der Waals surface area contributed by atoms with E-state index in [-0.39, 0.29) is 18.3 Å². The third kappa shape index (κ3) is 3.21. The Kier molecular flexibility index (Phi) is 3.96. The molecule has 0 atom stereocenters. The average Bonchev–Trinajstić information content (AvgIpc) is 2.95. The second kappa shape index (κ2) is 5.95. The van der Waals surface area contributed by atoms with E-state index in [1.807, 2.05) is 12.1 Å². The number of nitrogens with zero attached hydrogens (tertiary/aromatic N) is 6. The van der Waals surface area contributed by atoms with Crippen LogP contribution in [0.3, 0.4) is 0 Å². The van der Waals surface area contributed by atoms with E-state index in [0.29, 0.717) is 11.5 Å². The first-order valence-corrected chi connectivity index (χ1v) is 7.01. The highest BCUT2D eigenvalue weighted by atomic mass is 19.4. The van der Waals surface area contributed by atoms with Gasteiger partial charge in [-0.2, -0.15) is 18.2 Å². The number of halogens is 3. The van der Waals surface area contributed by atoms with E-state index in [0.717, 1.165) is 6.07 Å². The summed E-state index contributed by atoms with van der Waals surface area (Å²) >= 11 is 0. The monoisotopic (exact) mass is 337 g/mol. The first-order chi connectivity index (χ1) is 11.3. The fourth-order valence-corrected chi connectivity index (χ4v) is 2.06. The molecule has 1 N–H and O–H groups in total. The molecule has 3 rings (SSSR count). The van der Waals surface area contributed by atoms with Crippen LogP contribution in [-0.2, 0) is 12.7 Å². The quantitative estimate of drug-likeness (QED) is 0.787. The maximum absolute atomic E-state index is 13.0. The van der Waals surface area contributed by atoms with Gasteiger partial charge in [0.05, 0.1) is 6.54 Å². The molecule has 0 spiro atoms. The zero-order valence-corrected chi connectivity index (χ0v) is 12.9. The summed E-state index contributed by atoms with van der Waals surface area (Å²) in [5, 5.41) is 10.8. The second-order valence-corrected chi connectivity index (χ2v) is 5.23. The second-order valence-electron chi connectivity index (χ2n) is 5.23. The van der Waals surface area contributed by atoms with Crippen molar-refractivity contribution in [2.24, 2.45) is 0 Å². The Hall–Kier alpha value is -2.91. The molecule has 0 aliphatic heterocycles. The van der Waals surface area contributed by atoms with Crippen LogP contribution in [0.15, 0.2) is 30.5 Å². The molecule has 0 aromatic carbocycles. The minimum atomic E-state index is -4.55. The number of pyridine rings is 1. The number of rotatable bonds is 4. The lowest BCUT2D eigenvalue weighted by Crippen LogP contribution is -2.17. The molecule has 0 aliphatic rings. The van der Waals surface area contributed by atoms with E-state index in [2.05, 4.69) is 25.5 Å². The van der Waals surface area contributed by atoms with E-state index < -0.39 is 11.9 Å². The molecular formula is C14H14F3N7. The van der Waals surface area contributed by atoms with E-state index >= 15 is 0 Å². The summed E-state index contributed by atoms with van der Waals surface area (Å²) in [5.41, 5.74) is -0.358. The summed E-state index contributed by atoms with van der Waals surface area (Å²) in [7, 11) is 3.22. The Morgan fingerprint density at radius 1 is 1.17 bits per heavy atom. The van der Waals surface area contributed by atoms with Gasteiger partial charge in [-0.1, -0.05) is 6.07 Å². The molecule has 0 unspecified atom stereocenters. The van der Waals surface area contributed by atoms with Gasteiger partial charge in [-0.05, 0) is 12.1 Å². The first kappa shape index (κ1) is 16.0. The average molecular weight is 337 g/mol. The largest absolute Gasteiger partial charge is 0.433 e. The summed E-state index contributed by atoms with van der Waals surface area (Å²) < 4.78 is 40.6. The van der Waals surface area contributed by atoms with Gasteiger partial charge in [0, 0.05) is 26.4 Å². The smallest absolute Gasteiger partial charge is 0.363 e. The molecule has 0 saturated heterocycles. The Labute approximate surface area is 135 Å². The fourth-order valence-electron chi connectivity index (χ4n) is 2.06. The van der Waals surface area contributed by atoms with Gasteiger partial charge in [-0.15, -0.1) is 10.2 Å². The van der Waals surface area contributed by atoms with Crippen LogP contribution in [-0.4, -0.2) is 38.7 Å². The van der Waals surface area contributed by atoms with Crippen molar-refractivity contribution < 1.29 is 13.2 Å². The summed E-state index contributed by atoms with van der Waals surface area (Å²) in [6.07, 6.45) is -2.78. The Balaban J connectivity index is 1.88. The third-order valence-corrected chi connectivity index (χ3v) is 3.25. The molecule has 0 radical (unpaired) electrons. The van der Waals surface area contributed by atoms with Crippen LogP contribution in [0, 0.1) is 0 Å². The molecule has 0 saturated carbocycles. The lowest BCUT2D eigenvalue weighted by Gasteiger charge is -2.15. The number of aromatic nitrogens is 5. The lowest BCUT2D eigenvalue weighted by atomic mass is 10.3. The Morgan fingerprint density at radius 3 is 2.67 bits per heavy atom. The van der Waals surface area contributed by atoms with Crippen LogP contribution >= 0.6 is 0 Å². The van der Waals surface area contributed by atoms with Crippen molar-refractivity contribution in [1.29, 1.82) is 0 Å². The minimum Gasteiger partial charge on any atom is -0.363 e. The summed E-state index contributed by atoms with van der Waals surface area (Å²) in [6, 6.07) is 6.31.